The van der Waals surface area contributed by atoms with E-state index >= 15 is 0 Å². The topological polar surface area (TPSA) is 27.7 Å². The molecule has 3 nitrogen and oxygen atoms in total. The fourth-order valence-electron chi connectivity index (χ4n) is 11.8. The number of benzene rings is 3. The molecule has 0 unspecified atom stereocenters. The smallest absolute Gasteiger partial charge is 0.261 e. The lowest BCUT2D eigenvalue weighted by molar-refractivity contribution is -0.180. The molecule has 254 valence electrons. The van der Waals surface area contributed by atoms with Crippen molar-refractivity contribution in [2.24, 2.45) is 34.5 Å². The van der Waals surface area contributed by atoms with E-state index in [1.165, 1.54) is 35.2 Å². The molecule has 4 heteroatoms. The maximum absolute atomic E-state index is 7.83. The number of fused-ring (bicyclic) bond motifs is 8. The lowest BCUT2D eigenvalue weighted by Crippen LogP contribution is -2.69. The summed E-state index contributed by atoms with van der Waals surface area (Å²) in [6.07, 6.45) is 10.0. The van der Waals surface area contributed by atoms with Gasteiger partial charge < -0.3 is 13.9 Å². The van der Waals surface area contributed by atoms with Crippen molar-refractivity contribution in [3.05, 3.63) is 103 Å². The van der Waals surface area contributed by atoms with Crippen LogP contribution in [0.1, 0.15) is 92.6 Å². The molecular formula is C44H56O3Si. The van der Waals surface area contributed by atoms with E-state index in [4.69, 9.17) is 13.9 Å². The number of hydrogen-bond acceptors (Lipinski definition) is 3. The van der Waals surface area contributed by atoms with Crippen LogP contribution in [0.4, 0.5) is 0 Å². The van der Waals surface area contributed by atoms with E-state index in [0.717, 1.165) is 19.3 Å². The normalized spacial score (nSPS) is 37.1. The molecule has 3 saturated carbocycles. The van der Waals surface area contributed by atoms with Crippen molar-refractivity contribution in [3.8, 4) is 0 Å². The van der Waals surface area contributed by atoms with Crippen LogP contribution in [-0.4, -0.2) is 32.4 Å². The Hall–Kier alpha value is -2.50. The zero-order chi connectivity index (χ0) is 33.5. The second-order valence-corrected chi connectivity index (χ2v) is 22.1. The predicted molar refractivity (Wildman–Crippen MR) is 199 cm³/mol. The first-order valence-electron chi connectivity index (χ1n) is 18.8. The molecule has 1 heterocycles. The van der Waals surface area contributed by atoms with Gasteiger partial charge >= 0.3 is 0 Å². The largest absolute Gasteiger partial charge is 0.404 e. The fraction of sp³-hybridized carbons (Fsp3) is 0.545. The van der Waals surface area contributed by atoms with Gasteiger partial charge in [0.25, 0.3) is 8.32 Å². The summed E-state index contributed by atoms with van der Waals surface area (Å²) in [5, 5.41) is 2.70. The van der Waals surface area contributed by atoms with Crippen LogP contribution in [0.25, 0.3) is 5.57 Å². The summed E-state index contributed by atoms with van der Waals surface area (Å²) >= 11 is 0. The summed E-state index contributed by atoms with van der Waals surface area (Å²) in [6.45, 7) is 16.7. The Balaban J connectivity index is 1.15. The molecule has 5 aliphatic rings. The van der Waals surface area contributed by atoms with Crippen molar-refractivity contribution in [3.63, 3.8) is 0 Å². The van der Waals surface area contributed by atoms with Gasteiger partial charge in [-0.1, -0.05) is 132 Å². The molecule has 0 radical (unpaired) electrons. The molecular weight excluding hydrogens is 605 g/mol. The Morgan fingerprint density at radius 2 is 1.27 bits per heavy atom. The van der Waals surface area contributed by atoms with Crippen LogP contribution in [0.2, 0.25) is 5.04 Å². The summed E-state index contributed by atoms with van der Waals surface area (Å²) in [5.41, 5.74) is 3.35. The number of allylic oxidation sites excluding steroid dienone is 2. The fourth-order valence-corrected chi connectivity index (χ4v) is 16.6. The Labute approximate surface area is 290 Å². The Kier molecular flexibility index (Phi) is 7.84. The molecule has 0 N–H and O–H groups in total. The third-order valence-electron chi connectivity index (χ3n) is 13.9. The minimum atomic E-state index is -2.66. The predicted octanol–water partition coefficient (Wildman–Crippen LogP) is 9.41. The van der Waals surface area contributed by atoms with Crippen molar-refractivity contribution in [1.82, 2.24) is 0 Å². The summed E-state index contributed by atoms with van der Waals surface area (Å²) in [7, 11) is -2.66. The highest BCUT2D eigenvalue weighted by Gasteiger charge is 2.68. The van der Waals surface area contributed by atoms with Crippen molar-refractivity contribution in [1.29, 1.82) is 0 Å². The molecule has 3 aromatic rings. The van der Waals surface area contributed by atoms with Gasteiger partial charge in [-0.2, -0.15) is 0 Å². The Morgan fingerprint density at radius 1 is 0.688 bits per heavy atom. The van der Waals surface area contributed by atoms with E-state index in [2.05, 4.69) is 146 Å². The van der Waals surface area contributed by atoms with E-state index < -0.39 is 14.1 Å². The molecule has 3 aromatic carbocycles. The van der Waals surface area contributed by atoms with Gasteiger partial charge in [-0.15, -0.1) is 0 Å². The van der Waals surface area contributed by atoms with Gasteiger partial charge in [0.05, 0.1) is 12.2 Å². The van der Waals surface area contributed by atoms with Gasteiger partial charge in [0.2, 0.25) is 0 Å². The zero-order valence-electron chi connectivity index (χ0n) is 30.2. The second kappa shape index (κ2) is 11.5. The van der Waals surface area contributed by atoms with Crippen molar-refractivity contribution >= 4 is 24.3 Å². The third-order valence-corrected chi connectivity index (χ3v) is 19.0. The Bertz CT molecular complexity index is 1610. The van der Waals surface area contributed by atoms with Crippen molar-refractivity contribution < 1.29 is 13.9 Å². The minimum Gasteiger partial charge on any atom is -0.404 e. The van der Waals surface area contributed by atoms with Gasteiger partial charge in [0, 0.05) is 6.10 Å². The van der Waals surface area contributed by atoms with Crippen molar-refractivity contribution in [2.45, 2.75) is 116 Å². The van der Waals surface area contributed by atoms with Crippen LogP contribution < -0.4 is 10.4 Å². The monoisotopic (exact) mass is 660 g/mol. The molecule has 0 aromatic heterocycles. The van der Waals surface area contributed by atoms with E-state index in [1.807, 2.05) is 0 Å². The molecule has 0 amide bonds. The highest BCUT2D eigenvalue weighted by atomic mass is 28.4. The standard InChI is InChI=1S/C44H56O3Si/c1-41(2,3)48(32-19-13-9-14-20-32,33-21-15-10-16-22-33)47-31-25-27-44(7)36-26-28-43(6)34(30-17-11-8-12-18-30)23-24-35(43)38(36)40-39(37(44)29-31)45-42(4,5)46-40/h8-23,31,35-40H,24-29H2,1-7H3/t31-,35-,36-,37+,38-,39+,40+,43+,44+/m0/s1. The van der Waals surface area contributed by atoms with E-state index in [-0.39, 0.29) is 34.2 Å². The van der Waals surface area contributed by atoms with E-state index in [1.54, 1.807) is 5.57 Å². The molecule has 9 atom stereocenters. The molecule has 0 bridgehead atoms. The molecule has 48 heavy (non-hydrogen) atoms. The van der Waals surface area contributed by atoms with Gasteiger partial charge in [-0.25, -0.2) is 0 Å². The molecule has 1 aliphatic heterocycles. The van der Waals surface area contributed by atoms with Crippen LogP contribution in [0.3, 0.4) is 0 Å². The van der Waals surface area contributed by atoms with Gasteiger partial charge in [-0.05, 0) is 113 Å². The SMILES string of the molecule is CC1(C)O[C@H]2[C@H](O1)[C@H]1C[C@@H](O[Si](c3ccccc3)(c3ccccc3)C(C)(C)C)CC[C@]1(C)[C@H]1CC[C@]3(C)C(c4ccccc4)=CC[C@H]3[C@H]21. The highest BCUT2D eigenvalue weighted by molar-refractivity contribution is 6.99. The second-order valence-electron chi connectivity index (χ2n) is 17.8. The minimum absolute atomic E-state index is 0.0363. The first kappa shape index (κ1) is 32.7. The first-order chi connectivity index (χ1) is 22.9. The first-order valence-corrected chi connectivity index (χ1v) is 20.7. The van der Waals surface area contributed by atoms with Crippen LogP contribution in [0.15, 0.2) is 97.1 Å². The van der Waals surface area contributed by atoms with Crippen LogP contribution in [-0.2, 0) is 13.9 Å². The molecule has 8 rings (SSSR count). The molecule has 0 spiro atoms. The number of ether oxygens (including phenoxy) is 2. The summed E-state index contributed by atoms with van der Waals surface area (Å²) in [5.74, 6) is 1.56. The lowest BCUT2D eigenvalue weighted by atomic mass is 9.43. The van der Waals surface area contributed by atoms with E-state index in [9.17, 15) is 0 Å². The number of rotatable bonds is 5. The summed E-state index contributed by atoms with van der Waals surface area (Å²) < 4.78 is 22.0. The van der Waals surface area contributed by atoms with Gasteiger partial charge in [0.15, 0.2) is 5.79 Å². The maximum Gasteiger partial charge on any atom is 0.261 e. The molecule has 1 saturated heterocycles. The maximum atomic E-state index is 7.83. The third kappa shape index (κ3) is 4.91. The highest BCUT2D eigenvalue weighted by Crippen LogP contribution is 2.69. The summed E-state index contributed by atoms with van der Waals surface area (Å²) in [6, 6.07) is 33.5. The van der Waals surface area contributed by atoms with Crippen LogP contribution >= 0.6 is 0 Å². The van der Waals surface area contributed by atoms with Crippen LogP contribution in [0.5, 0.6) is 0 Å². The van der Waals surface area contributed by atoms with Crippen molar-refractivity contribution in [2.75, 3.05) is 0 Å². The lowest BCUT2D eigenvalue weighted by Gasteiger charge is -2.63. The number of hydrogen-bond donors (Lipinski definition) is 0. The quantitative estimate of drug-likeness (QED) is 0.255. The average molecular weight is 661 g/mol. The zero-order valence-corrected chi connectivity index (χ0v) is 31.2. The van der Waals surface area contributed by atoms with Gasteiger partial charge in [-0.3, -0.25) is 0 Å². The molecule has 4 aliphatic carbocycles. The van der Waals surface area contributed by atoms with Crippen LogP contribution in [0, 0.1) is 34.5 Å². The van der Waals surface area contributed by atoms with Gasteiger partial charge in [0.1, 0.15) is 0 Å². The Morgan fingerprint density at radius 3 is 1.88 bits per heavy atom. The summed E-state index contributed by atoms with van der Waals surface area (Å²) in [4.78, 5) is 0. The average Bonchev–Trinajstić information content (AvgIpc) is 3.60. The van der Waals surface area contributed by atoms with E-state index in [0.29, 0.717) is 23.7 Å². The molecule has 4 fully saturated rings.